The minimum Gasteiger partial charge on any atom is -0.310 e. The summed E-state index contributed by atoms with van der Waals surface area (Å²) in [5, 5.41) is 3.36. The van der Waals surface area contributed by atoms with Crippen molar-refractivity contribution in [3.63, 3.8) is 0 Å². The Balaban J connectivity index is 1.93. The maximum Gasteiger partial charge on any atom is 0.128 e. The Labute approximate surface area is 114 Å². The Morgan fingerprint density at radius 3 is 2.74 bits per heavy atom. The van der Waals surface area contributed by atoms with E-state index in [-0.39, 0.29) is 17.7 Å². The number of nitrogens with one attached hydrogen (secondary N) is 1. The van der Waals surface area contributed by atoms with Gasteiger partial charge in [-0.3, -0.25) is 0 Å². The summed E-state index contributed by atoms with van der Waals surface area (Å²) in [5.74, 6) is 0.674. The lowest BCUT2D eigenvalue weighted by Crippen LogP contribution is -2.31. The average Bonchev–Trinajstić information content (AvgIpc) is 2.40. The molecule has 0 spiro atoms. The molecule has 1 fully saturated rings. The highest BCUT2D eigenvalue weighted by Crippen LogP contribution is 2.29. The summed E-state index contributed by atoms with van der Waals surface area (Å²) in [4.78, 5) is 0. The molecule has 0 aromatic heterocycles. The predicted molar refractivity (Wildman–Crippen MR) is 73.9 cm³/mol. The Bertz CT molecular complexity index is 419. The zero-order valence-corrected chi connectivity index (χ0v) is 11.8. The third kappa shape index (κ3) is 3.75. The second kappa shape index (κ2) is 6.47. The van der Waals surface area contributed by atoms with Gasteiger partial charge in [0.15, 0.2) is 0 Å². The lowest BCUT2D eigenvalue weighted by Gasteiger charge is -2.30. The van der Waals surface area contributed by atoms with Crippen LogP contribution in [0.5, 0.6) is 0 Å². The zero-order valence-electron chi connectivity index (χ0n) is 11.8. The highest BCUT2D eigenvalue weighted by molar-refractivity contribution is 5.21. The fourth-order valence-corrected chi connectivity index (χ4v) is 2.98. The number of halogens is 2. The van der Waals surface area contributed by atoms with Crippen molar-refractivity contribution in [3.8, 4) is 0 Å². The molecule has 1 aromatic rings. The standard InChI is InChI=1S/C16H23F2N/c1-11-5-3-4-6-13(11)10-19-12(2)15-9-14(17)7-8-16(15)18/h7-9,11-13,19H,3-6,10H2,1-2H3. The maximum absolute atomic E-state index is 13.7. The van der Waals surface area contributed by atoms with Gasteiger partial charge in [0.2, 0.25) is 0 Å². The molecule has 3 heteroatoms. The van der Waals surface area contributed by atoms with Crippen LogP contribution in [0.4, 0.5) is 8.78 Å². The van der Waals surface area contributed by atoms with Gasteiger partial charge in [0.25, 0.3) is 0 Å². The van der Waals surface area contributed by atoms with Gasteiger partial charge in [-0.1, -0.05) is 26.2 Å². The molecular formula is C16H23F2N. The van der Waals surface area contributed by atoms with E-state index in [0.717, 1.165) is 18.5 Å². The van der Waals surface area contributed by atoms with Crippen LogP contribution in [0.1, 0.15) is 51.1 Å². The van der Waals surface area contributed by atoms with Crippen molar-refractivity contribution in [3.05, 3.63) is 35.4 Å². The molecule has 3 unspecified atom stereocenters. The third-order valence-corrected chi connectivity index (χ3v) is 4.40. The van der Waals surface area contributed by atoms with E-state index in [4.69, 9.17) is 0 Å². The van der Waals surface area contributed by atoms with E-state index in [0.29, 0.717) is 11.5 Å². The van der Waals surface area contributed by atoms with Crippen molar-refractivity contribution < 1.29 is 8.78 Å². The number of hydrogen-bond donors (Lipinski definition) is 1. The first-order valence-electron chi connectivity index (χ1n) is 7.26. The van der Waals surface area contributed by atoms with Crippen LogP contribution < -0.4 is 5.32 Å². The van der Waals surface area contributed by atoms with Crippen molar-refractivity contribution in [2.45, 2.75) is 45.6 Å². The fraction of sp³-hybridized carbons (Fsp3) is 0.625. The first-order chi connectivity index (χ1) is 9.08. The second-order valence-corrected chi connectivity index (χ2v) is 5.82. The number of rotatable bonds is 4. The van der Waals surface area contributed by atoms with Crippen molar-refractivity contribution in [1.29, 1.82) is 0 Å². The highest BCUT2D eigenvalue weighted by atomic mass is 19.1. The molecule has 1 aliphatic rings. The van der Waals surface area contributed by atoms with Crippen LogP contribution in [0.3, 0.4) is 0 Å². The molecule has 0 amide bonds. The molecule has 0 saturated heterocycles. The van der Waals surface area contributed by atoms with E-state index in [1.54, 1.807) is 0 Å². The van der Waals surface area contributed by atoms with Gasteiger partial charge in [0, 0.05) is 11.6 Å². The zero-order chi connectivity index (χ0) is 13.8. The maximum atomic E-state index is 13.7. The molecule has 1 saturated carbocycles. The van der Waals surface area contributed by atoms with E-state index >= 15 is 0 Å². The number of hydrogen-bond acceptors (Lipinski definition) is 1. The summed E-state index contributed by atoms with van der Waals surface area (Å²) in [7, 11) is 0. The van der Waals surface area contributed by atoms with E-state index in [2.05, 4.69) is 12.2 Å². The Morgan fingerprint density at radius 1 is 1.26 bits per heavy atom. The topological polar surface area (TPSA) is 12.0 Å². The van der Waals surface area contributed by atoms with Crippen LogP contribution in [0.2, 0.25) is 0 Å². The monoisotopic (exact) mass is 267 g/mol. The first-order valence-corrected chi connectivity index (χ1v) is 7.26. The van der Waals surface area contributed by atoms with Crippen LogP contribution in [0, 0.1) is 23.5 Å². The summed E-state index contributed by atoms with van der Waals surface area (Å²) in [6.07, 6.45) is 5.15. The molecule has 0 bridgehead atoms. The van der Waals surface area contributed by atoms with Crippen LogP contribution in [-0.4, -0.2) is 6.54 Å². The molecule has 0 aliphatic heterocycles. The summed E-state index contributed by atoms with van der Waals surface area (Å²) < 4.78 is 26.8. The van der Waals surface area contributed by atoms with Crippen molar-refractivity contribution in [1.82, 2.24) is 5.32 Å². The van der Waals surface area contributed by atoms with Crippen molar-refractivity contribution in [2.24, 2.45) is 11.8 Å². The second-order valence-electron chi connectivity index (χ2n) is 5.82. The molecule has 0 heterocycles. The Morgan fingerprint density at radius 2 is 2.00 bits per heavy atom. The predicted octanol–water partition coefficient (Wildman–Crippen LogP) is 4.44. The fourth-order valence-electron chi connectivity index (χ4n) is 2.98. The van der Waals surface area contributed by atoms with E-state index in [1.807, 2.05) is 6.92 Å². The van der Waals surface area contributed by atoms with Gasteiger partial charge in [-0.25, -0.2) is 8.78 Å². The molecule has 1 aliphatic carbocycles. The van der Waals surface area contributed by atoms with Crippen molar-refractivity contribution >= 4 is 0 Å². The summed E-state index contributed by atoms with van der Waals surface area (Å²) >= 11 is 0. The molecule has 0 radical (unpaired) electrons. The molecule has 1 nitrogen and oxygen atoms in total. The smallest absolute Gasteiger partial charge is 0.128 e. The van der Waals surface area contributed by atoms with Crippen LogP contribution in [-0.2, 0) is 0 Å². The molecule has 106 valence electrons. The number of benzene rings is 1. The van der Waals surface area contributed by atoms with Gasteiger partial charge in [-0.05, 0) is 49.9 Å². The molecule has 2 rings (SSSR count). The van der Waals surface area contributed by atoms with Gasteiger partial charge >= 0.3 is 0 Å². The minimum atomic E-state index is -0.379. The first kappa shape index (κ1) is 14.4. The average molecular weight is 267 g/mol. The molecule has 1 aromatic carbocycles. The van der Waals surface area contributed by atoms with Gasteiger partial charge in [0.05, 0.1) is 0 Å². The van der Waals surface area contributed by atoms with Crippen LogP contribution in [0.25, 0.3) is 0 Å². The van der Waals surface area contributed by atoms with Crippen LogP contribution in [0.15, 0.2) is 18.2 Å². The summed E-state index contributed by atoms with van der Waals surface area (Å²) in [6.45, 7) is 5.07. The van der Waals surface area contributed by atoms with Crippen molar-refractivity contribution in [2.75, 3.05) is 6.54 Å². The van der Waals surface area contributed by atoms with Gasteiger partial charge in [-0.2, -0.15) is 0 Å². The van der Waals surface area contributed by atoms with Gasteiger partial charge < -0.3 is 5.32 Å². The summed E-state index contributed by atoms with van der Waals surface area (Å²) in [5.41, 5.74) is 0.420. The molecular weight excluding hydrogens is 244 g/mol. The summed E-state index contributed by atoms with van der Waals surface area (Å²) in [6, 6.07) is 3.50. The minimum absolute atomic E-state index is 0.148. The van der Waals surface area contributed by atoms with E-state index in [1.165, 1.54) is 37.8 Å². The Hall–Kier alpha value is -0.960. The third-order valence-electron chi connectivity index (χ3n) is 4.40. The normalized spacial score (nSPS) is 25.3. The largest absolute Gasteiger partial charge is 0.310 e. The lowest BCUT2D eigenvalue weighted by molar-refractivity contribution is 0.242. The highest BCUT2D eigenvalue weighted by Gasteiger charge is 2.22. The molecule has 3 atom stereocenters. The molecule has 19 heavy (non-hydrogen) atoms. The van der Waals surface area contributed by atoms with E-state index < -0.39 is 0 Å². The SMILES string of the molecule is CC(NCC1CCCCC1C)c1cc(F)ccc1F. The van der Waals surface area contributed by atoms with Gasteiger partial charge in [0.1, 0.15) is 11.6 Å². The van der Waals surface area contributed by atoms with Crippen LogP contribution >= 0.6 is 0 Å². The molecule has 1 N–H and O–H groups in total. The van der Waals surface area contributed by atoms with Gasteiger partial charge in [-0.15, -0.1) is 0 Å². The lowest BCUT2D eigenvalue weighted by atomic mass is 9.80. The van der Waals surface area contributed by atoms with E-state index in [9.17, 15) is 8.78 Å². The Kier molecular flexibility index (Phi) is 4.92. The quantitative estimate of drug-likeness (QED) is 0.850.